The Hall–Kier alpha value is -2.02. The van der Waals surface area contributed by atoms with Crippen LogP contribution in [-0.4, -0.2) is 26.3 Å². The number of methoxy groups -OCH3 is 1. The molecule has 3 heterocycles. The maximum absolute atomic E-state index is 6.33. The lowest BCUT2D eigenvalue weighted by Crippen LogP contribution is -1.99. The number of imidazole rings is 1. The number of fused-ring (bicyclic) bond motifs is 1. The number of nitrogen functional groups attached to an aromatic ring is 1. The summed E-state index contributed by atoms with van der Waals surface area (Å²) in [7, 11) is 3.46. The highest BCUT2D eigenvalue weighted by Gasteiger charge is 2.22. The number of halogens is 1. The summed E-state index contributed by atoms with van der Waals surface area (Å²) in [6.07, 6.45) is 0. The lowest BCUT2D eigenvalue weighted by Gasteiger charge is -2.05. The predicted octanol–water partition coefficient (Wildman–Crippen LogP) is 2.70. The van der Waals surface area contributed by atoms with E-state index in [9.17, 15) is 0 Å². The van der Waals surface area contributed by atoms with E-state index in [-0.39, 0.29) is 0 Å². The second kappa shape index (κ2) is 4.77. The molecular formula is C14H16BrN5O. The van der Waals surface area contributed by atoms with Crippen molar-refractivity contribution in [1.82, 2.24) is 19.2 Å². The molecule has 0 bridgehead atoms. The first-order valence-electron chi connectivity index (χ1n) is 6.46. The van der Waals surface area contributed by atoms with Crippen molar-refractivity contribution in [3.63, 3.8) is 0 Å². The average Bonchev–Trinajstić information content (AvgIpc) is 2.91. The number of nitrogens with zero attached hydrogens (tertiary/aromatic N) is 4. The van der Waals surface area contributed by atoms with Gasteiger partial charge in [-0.05, 0) is 41.9 Å². The third-order valence-corrected chi connectivity index (χ3v) is 4.44. The van der Waals surface area contributed by atoms with Crippen molar-refractivity contribution in [1.29, 1.82) is 0 Å². The Balaban J connectivity index is 2.37. The maximum Gasteiger partial charge on any atom is 0.221 e. The van der Waals surface area contributed by atoms with E-state index < -0.39 is 0 Å². The lowest BCUT2D eigenvalue weighted by atomic mass is 10.2. The summed E-state index contributed by atoms with van der Waals surface area (Å²) in [6, 6.07) is 3.89. The Bertz CT molecular complexity index is 849. The van der Waals surface area contributed by atoms with Gasteiger partial charge in [-0.2, -0.15) is 5.10 Å². The Morgan fingerprint density at radius 1 is 1.29 bits per heavy atom. The normalized spacial score (nSPS) is 11.3. The quantitative estimate of drug-likeness (QED) is 0.772. The molecule has 0 atom stereocenters. The topological polar surface area (TPSA) is 70.4 Å². The minimum Gasteiger partial charge on any atom is -0.481 e. The van der Waals surface area contributed by atoms with Gasteiger partial charge < -0.3 is 10.5 Å². The molecular weight excluding hydrogens is 334 g/mol. The van der Waals surface area contributed by atoms with Crippen LogP contribution in [0.3, 0.4) is 0 Å². The molecule has 0 saturated heterocycles. The molecule has 21 heavy (non-hydrogen) atoms. The van der Waals surface area contributed by atoms with Gasteiger partial charge in [0.1, 0.15) is 17.2 Å². The van der Waals surface area contributed by atoms with Gasteiger partial charge in [-0.3, -0.25) is 4.40 Å². The Morgan fingerprint density at radius 2 is 2.00 bits per heavy atom. The van der Waals surface area contributed by atoms with Crippen molar-refractivity contribution in [2.24, 2.45) is 7.05 Å². The molecule has 0 aromatic carbocycles. The molecule has 3 aromatic heterocycles. The smallest absolute Gasteiger partial charge is 0.221 e. The summed E-state index contributed by atoms with van der Waals surface area (Å²) >= 11 is 3.52. The molecule has 7 heteroatoms. The molecule has 0 amide bonds. The van der Waals surface area contributed by atoms with Gasteiger partial charge in [-0.25, -0.2) is 9.67 Å². The van der Waals surface area contributed by atoms with E-state index in [1.165, 1.54) is 0 Å². The van der Waals surface area contributed by atoms with E-state index >= 15 is 0 Å². The highest BCUT2D eigenvalue weighted by molar-refractivity contribution is 9.10. The zero-order valence-corrected chi connectivity index (χ0v) is 13.9. The van der Waals surface area contributed by atoms with Crippen molar-refractivity contribution in [2.75, 3.05) is 12.8 Å². The molecule has 2 N–H and O–H groups in total. The fourth-order valence-electron chi connectivity index (χ4n) is 2.62. The van der Waals surface area contributed by atoms with E-state index in [1.807, 2.05) is 37.4 Å². The Labute approximate surface area is 130 Å². The summed E-state index contributed by atoms with van der Waals surface area (Å²) in [4.78, 5) is 4.65. The second-order valence-electron chi connectivity index (χ2n) is 4.90. The van der Waals surface area contributed by atoms with Gasteiger partial charge in [0.2, 0.25) is 5.88 Å². The summed E-state index contributed by atoms with van der Waals surface area (Å²) in [6.45, 7) is 3.91. The van der Waals surface area contributed by atoms with Crippen molar-refractivity contribution in [3.05, 3.63) is 28.0 Å². The van der Waals surface area contributed by atoms with Gasteiger partial charge in [0.25, 0.3) is 0 Å². The fraction of sp³-hybridized carbons (Fsp3) is 0.286. The summed E-state index contributed by atoms with van der Waals surface area (Å²) in [5, 5.41) is 4.39. The highest BCUT2D eigenvalue weighted by atomic mass is 79.9. The predicted molar refractivity (Wildman–Crippen MR) is 85.5 cm³/mol. The standard InChI is InChI=1S/C14H16BrN5O/c1-7-11(14(21-4)19(3)18-7)12-13(16)20-8(2)9(15)5-6-10(20)17-12/h5-6H,16H2,1-4H3. The van der Waals surface area contributed by atoms with Gasteiger partial charge >= 0.3 is 0 Å². The summed E-state index contributed by atoms with van der Waals surface area (Å²) in [5.74, 6) is 1.23. The van der Waals surface area contributed by atoms with Crippen LogP contribution >= 0.6 is 15.9 Å². The summed E-state index contributed by atoms with van der Waals surface area (Å²) < 4.78 is 10.0. The molecule has 6 nitrogen and oxygen atoms in total. The molecule has 0 unspecified atom stereocenters. The molecule has 3 rings (SSSR count). The van der Waals surface area contributed by atoms with Crippen LogP contribution in [0.25, 0.3) is 16.9 Å². The van der Waals surface area contributed by atoms with Crippen molar-refractivity contribution < 1.29 is 4.74 Å². The minimum atomic E-state index is 0.582. The first-order chi connectivity index (χ1) is 9.95. The average molecular weight is 350 g/mol. The van der Waals surface area contributed by atoms with Gasteiger partial charge in [0, 0.05) is 17.2 Å². The van der Waals surface area contributed by atoms with Gasteiger partial charge in [0.05, 0.1) is 18.4 Å². The Morgan fingerprint density at radius 3 is 2.67 bits per heavy atom. The number of hydrogen-bond donors (Lipinski definition) is 1. The molecule has 0 aliphatic carbocycles. The van der Waals surface area contributed by atoms with Crippen LogP contribution in [0.4, 0.5) is 5.82 Å². The largest absolute Gasteiger partial charge is 0.481 e. The zero-order chi connectivity index (χ0) is 15.3. The van der Waals surface area contributed by atoms with Crippen LogP contribution in [0.5, 0.6) is 5.88 Å². The molecule has 0 radical (unpaired) electrons. The monoisotopic (exact) mass is 349 g/mol. The van der Waals surface area contributed by atoms with E-state index in [0.29, 0.717) is 17.4 Å². The molecule has 0 aliphatic rings. The lowest BCUT2D eigenvalue weighted by molar-refractivity contribution is 0.374. The van der Waals surface area contributed by atoms with Gasteiger partial charge in [-0.1, -0.05) is 0 Å². The number of aromatic nitrogens is 4. The highest BCUT2D eigenvalue weighted by Crippen LogP contribution is 2.37. The minimum absolute atomic E-state index is 0.582. The third kappa shape index (κ3) is 1.91. The zero-order valence-electron chi connectivity index (χ0n) is 12.3. The number of ether oxygens (including phenoxy) is 1. The van der Waals surface area contributed by atoms with Crippen molar-refractivity contribution in [3.8, 4) is 17.1 Å². The molecule has 3 aromatic rings. The first-order valence-corrected chi connectivity index (χ1v) is 7.26. The van der Waals surface area contributed by atoms with E-state index in [0.717, 1.165) is 27.1 Å². The number of anilines is 1. The van der Waals surface area contributed by atoms with Crippen LogP contribution in [0.1, 0.15) is 11.4 Å². The van der Waals surface area contributed by atoms with Gasteiger partial charge in [-0.15, -0.1) is 0 Å². The molecule has 0 spiro atoms. The maximum atomic E-state index is 6.33. The van der Waals surface area contributed by atoms with E-state index in [4.69, 9.17) is 10.5 Å². The number of aryl methyl sites for hydroxylation is 3. The van der Waals surface area contributed by atoms with Crippen LogP contribution < -0.4 is 10.5 Å². The van der Waals surface area contributed by atoms with E-state index in [2.05, 4.69) is 26.0 Å². The number of hydrogen-bond acceptors (Lipinski definition) is 4. The molecule has 0 saturated carbocycles. The number of rotatable bonds is 2. The first kappa shape index (κ1) is 13.9. The molecule has 110 valence electrons. The van der Waals surface area contributed by atoms with Crippen LogP contribution in [0, 0.1) is 13.8 Å². The number of pyridine rings is 1. The second-order valence-corrected chi connectivity index (χ2v) is 5.75. The fourth-order valence-corrected chi connectivity index (χ4v) is 2.93. The third-order valence-electron chi connectivity index (χ3n) is 3.60. The van der Waals surface area contributed by atoms with E-state index in [1.54, 1.807) is 11.8 Å². The van der Waals surface area contributed by atoms with Crippen LogP contribution in [0.2, 0.25) is 0 Å². The van der Waals surface area contributed by atoms with Crippen LogP contribution in [-0.2, 0) is 7.05 Å². The van der Waals surface area contributed by atoms with Crippen molar-refractivity contribution in [2.45, 2.75) is 13.8 Å². The SMILES string of the molecule is COc1c(-c2nc3ccc(Br)c(C)n3c2N)c(C)nn1C. The molecule has 0 aliphatic heterocycles. The van der Waals surface area contributed by atoms with Gasteiger partial charge in [0.15, 0.2) is 0 Å². The van der Waals surface area contributed by atoms with Crippen molar-refractivity contribution >= 4 is 27.4 Å². The Kier molecular flexibility index (Phi) is 3.16. The summed E-state index contributed by atoms with van der Waals surface area (Å²) in [5.41, 5.74) is 10.5. The van der Waals surface area contributed by atoms with Crippen LogP contribution in [0.15, 0.2) is 16.6 Å². The number of nitrogens with two attached hydrogens (primary N) is 1. The molecule has 0 fully saturated rings.